The Bertz CT molecular complexity index is 465. The van der Waals surface area contributed by atoms with Crippen molar-refractivity contribution in [2.75, 3.05) is 7.11 Å². The van der Waals surface area contributed by atoms with Gasteiger partial charge in [-0.1, -0.05) is 0 Å². The first-order valence-electron chi connectivity index (χ1n) is 4.34. The summed E-state index contributed by atoms with van der Waals surface area (Å²) in [4.78, 5) is 19.0. The minimum atomic E-state index is -0.447. The Morgan fingerprint density at radius 1 is 1.53 bits per heavy atom. The van der Waals surface area contributed by atoms with Crippen molar-refractivity contribution in [2.24, 2.45) is 0 Å². The molecule has 2 aromatic rings. The smallest absolute Gasteiger partial charge is 0.358 e. The van der Waals surface area contributed by atoms with Crippen molar-refractivity contribution in [3.8, 4) is 5.69 Å². The highest BCUT2D eigenvalue weighted by atomic mass is 16.5. The molecule has 0 fully saturated rings. The van der Waals surface area contributed by atoms with Crippen LogP contribution in [0.5, 0.6) is 0 Å². The van der Waals surface area contributed by atoms with Crippen LogP contribution in [0.15, 0.2) is 37.1 Å². The second kappa shape index (κ2) is 3.91. The minimum absolute atomic E-state index is 0.279. The van der Waals surface area contributed by atoms with Gasteiger partial charge in [0.1, 0.15) is 6.33 Å². The SMILES string of the molecule is COC(=O)c1cn(-c2cccnc2)cn1. The van der Waals surface area contributed by atoms with E-state index in [1.807, 2.05) is 12.1 Å². The molecule has 0 N–H and O–H groups in total. The fourth-order valence-electron chi connectivity index (χ4n) is 1.18. The Morgan fingerprint density at radius 2 is 2.40 bits per heavy atom. The van der Waals surface area contributed by atoms with Crippen LogP contribution in [0.4, 0.5) is 0 Å². The van der Waals surface area contributed by atoms with E-state index in [4.69, 9.17) is 0 Å². The Hall–Kier alpha value is -2.17. The molecule has 76 valence electrons. The Balaban J connectivity index is 2.32. The second-order valence-corrected chi connectivity index (χ2v) is 2.87. The molecule has 0 saturated heterocycles. The molecule has 0 spiro atoms. The van der Waals surface area contributed by atoms with Crippen LogP contribution in [0.25, 0.3) is 5.69 Å². The van der Waals surface area contributed by atoms with Crippen LogP contribution in [0, 0.1) is 0 Å². The van der Waals surface area contributed by atoms with Crippen molar-refractivity contribution in [3.05, 3.63) is 42.7 Å². The molecular formula is C10H9N3O2. The van der Waals surface area contributed by atoms with E-state index in [0.29, 0.717) is 0 Å². The largest absolute Gasteiger partial charge is 0.464 e. The number of methoxy groups -OCH3 is 1. The fourth-order valence-corrected chi connectivity index (χ4v) is 1.18. The van der Waals surface area contributed by atoms with Crippen molar-refractivity contribution in [1.29, 1.82) is 0 Å². The monoisotopic (exact) mass is 203 g/mol. The third-order valence-corrected chi connectivity index (χ3v) is 1.92. The van der Waals surface area contributed by atoms with E-state index >= 15 is 0 Å². The zero-order valence-electron chi connectivity index (χ0n) is 8.12. The number of hydrogen-bond donors (Lipinski definition) is 0. The van der Waals surface area contributed by atoms with Crippen molar-refractivity contribution in [1.82, 2.24) is 14.5 Å². The lowest BCUT2D eigenvalue weighted by Gasteiger charge is -1.98. The summed E-state index contributed by atoms with van der Waals surface area (Å²) in [6.07, 6.45) is 6.51. The Morgan fingerprint density at radius 3 is 3.07 bits per heavy atom. The van der Waals surface area contributed by atoms with Gasteiger partial charge in [-0.3, -0.25) is 4.98 Å². The number of imidazole rings is 1. The number of hydrogen-bond acceptors (Lipinski definition) is 4. The van der Waals surface area contributed by atoms with Crippen LogP contribution in [0.2, 0.25) is 0 Å². The molecule has 2 aromatic heterocycles. The number of pyridine rings is 1. The molecule has 5 nitrogen and oxygen atoms in total. The molecule has 0 amide bonds. The molecule has 2 rings (SSSR count). The summed E-state index contributed by atoms with van der Waals surface area (Å²) >= 11 is 0. The molecule has 0 unspecified atom stereocenters. The quantitative estimate of drug-likeness (QED) is 0.684. The average Bonchev–Trinajstić information content (AvgIpc) is 2.78. The maximum atomic E-state index is 11.1. The highest BCUT2D eigenvalue weighted by Crippen LogP contribution is 2.06. The van der Waals surface area contributed by atoms with E-state index < -0.39 is 5.97 Å². The maximum Gasteiger partial charge on any atom is 0.358 e. The molecule has 0 radical (unpaired) electrons. The summed E-state index contributed by atoms with van der Waals surface area (Å²) in [5.74, 6) is -0.447. The maximum absolute atomic E-state index is 11.1. The normalized spacial score (nSPS) is 9.93. The molecule has 5 heteroatoms. The number of esters is 1. The number of carbonyl (C=O) groups excluding carboxylic acids is 1. The van der Waals surface area contributed by atoms with Crippen LogP contribution >= 0.6 is 0 Å². The van der Waals surface area contributed by atoms with E-state index in [1.165, 1.54) is 7.11 Å². The molecule has 0 aliphatic rings. The van der Waals surface area contributed by atoms with E-state index in [9.17, 15) is 4.79 Å². The van der Waals surface area contributed by atoms with Gasteiger partial charge >= 0.3 is 5.97 Å². The van der Waals surface area contributed by atoms with Gasteiger partial charge in [-0.2, -0.15) is 0 Å². The summed E-state index contributed by atoms with van der Waals surface area (Å²) in [5.41, 5.74) is 1.13. The van der Waals surface area contributed by atoms with Gasteiger partial charge in [0.05, 0.1) is 19.0 Å². The van der Waals surface area contributed by atoms with E-state index in [-0.39, 0.29) is 5.69 Å². The summed E-state index contributed by atoms with van der Waals surface area (Å²) in [6, 6.07) is 3.68. The molecule has 0 aliphatic heterocycles. The Labute approximate surface area is 86.4 Å². The van der Waals surface area contributed by atoms with Gasteiger partial charge in [-0.25, -0.2) is 9.78 Å². The Kier molecular flexibility index (Phi) is 2.45. The van der Waals surface area contributed by atoms with Gasteiger partial charge in [-0.15, -0.1) is 0 Å². The zero-order chi connectivity index (χ0) is 10.7. The molecule has 0 bridgehead atoms. The predicted octanol–water partition coefficient (Wildman–Crippen LogP) is 1.05. The highest BCUT2D eigenvalue weighted by Gasteiger charge is 2.09. The lowest BCUT2D eigenvalue weighted by Crippen LogP contribution is -2.01. The van der Waals surface area contributed by atoms with Crippen LogP contribution < -0.4 is 0 Å². The number of carbonyl (C=O) groups is 1. The van der Waals surface area contributed by atoms with Crippen molar-refractivity contribution >= 4 is 5.97 Å². The first kappa shape index (κ1) is 9.39. The second-order valence-electron chi connectivity index (χ2n) is 2.87. The highest BCUT2D eigenvalue weighted by molar-refractivity contribution is 5.86. The van der Waals surface area contributed by atoms with E-state index in [1.54, 1.807) is 29.5 Å². The van der Waals surface area contributed by atoms with Crippen molar-refractivity contribution in [3.63, 3.8) is 0 Å². The minimum Gasteiger partial charge on any atom is -0.464 e. The number of nitrogens with zero attached hydrogens (tertiary/aromatic N) is 3. The molecule has 0 aromatic carbocycles. The topological polar surface area (TPSA) is 57.0 Å². The predicted molar refractivity (Wildman–Crippen MR) is 52.7 cm³/mol. The van der Waals surface area contributed by atoms with Crippen LogP contribution in [0.3, 0.4) is 0 Å². The molecule has 2 heterocycles. The standard InChI is InChI=1S/C10H9N3O2/c1-15-10(14)9-6-13(7-12-9)8-3-2-4-11-5-8/h2-7H,1H3. The van der Waals surface area contributed by atoms with Gasteiger partial charge in [0.2, 0.25) is 0 Å². The summed E-state index contributed by atoms with van der Waals surface area (Å²) in [5, 5.41) is 0. The van der Waals surface area contributed by atoms with Gasteiger partial charge in [0, 0.05) is 12.4 Å². The molecular weight excluding hydrogens is 194 g/mol. The van der Waals surface area contributed by atoms with E-state index in [2.05, 4.69) is 14.7 Å². The number of aromatic nitrogens is 3. The van der Waals surface area contributed by atoms with Crippen LogP contribution in [-0.4, -0.2) is 27.6 Å². The van der Waals surface area contributed by atoms with Crippen molar-refractivity contribution in [2.45, 2.75) is 0 Å². The summed E-state index contributed by atoms with van der Waals surface area (Å²) in [7, 11) is 1.32. The van der Waals surface area contributed by atoms with Crippen molar-refractivity contribution < 1.29 is 9.53 Å². The first-order chi connectivity index (χ1) is 7.31. The summed E-state index contributed by atoms with van der Waals surface area (Å²) < 4.78 is 6.26. The number of rotatable bonds is 2. The lowest BCUT2D eigenvalue weighted by atomic mass is 10.4. The summed E-state index contributed by atoms with van der Waals surface area (Å²) in [6.45, 7) is 0. The fraction of sp³-hybridized carbons (Fsp3) is 0.100. The van der Waals surface area contributed by atoms with Gasteiger partial charge in [-0.05, 0) is 12.1 Å². The van der Waals surface area contributed by atoms with E-state index in [0.717, 1.165) is 5.69 Å². The first-order valence-corrected chi connectivity index (χ1v) is 4.34. The lowest BCUT2D eigenvalue weighted by molar-refractivity contribution is 0.0594. The van der Waals surface area contributed by atoms with Gasteiger partial charge < -0.3 is 9.30 Å². The molecule has 0 aliphatic carbocycles. The van der Waals surface area contributed by atoms with Gasteiger partial charge in [0.25, 0.3) is 0 Å². The molecule has 15 heavy (non-hydrogen) atoms. The molecule has 0 atom stereocenters. The van der Waals surface area contributed by atoms with Gasteiger partial charge in [0.15, 0.2) is 5.69 Å². The van der Waals surface area contributed by atoms with Crippen LogP contribution in [0.1, 0.15) is 10.5 Å². The molecule has 0 saturated carbocycles. The third-order valence-electron chi connectivity index (χ3n) is 1.92. The van der Waals surface area contributed by atoms with Crippen LogP contribution in [-0.2, 0) is 4.74 Å². The average molecular weight is 203 g/mol. The number of ether oxygens (including phenoxy) is 1. The zero-order valence-corrected chi connectivity index (χ0v) is 8.12. The third kappa shape index (κ3) is 1.85.